The van der Waals surface area contributed by atoms with E-state index in [1.165, 1.54) is 18.2 Å². The number of hydrogen-bond acceptors (Lipinski definition) is 3. The summed E-state index contributed by atoms with van der Waals surface area (Å²) in [5.74, 6) is 0.511. The van der Waals surface area contributed by atoms with Crippen LogP contribution in [0.4, 0.5) is 5.69 Å². The van der Waals surface area contributed by atoms with Crippen LogP contribution < -0.4 is 0 Å². The number of para-hydroxylation sites is 1. The zero-order valence-corrected chi connectivity index (χ0v) is 17.4. The van der Waals surface area contributed by atoms with Gasteiger partial charge in [0.05, 0.1) is 10.6 Å². The number of nitrogens with zero attached hydrogens (tertiary/aromatic N) is 2. The number of hydrogen-bond donors (Lipinski definition) is 0. The van der Waals surface area contributed by atoms with E-state index in [0.717, 1.165) is 35.7 Å². The molecule has 5 heteroatoms. The SMILES string of the molecule is C[C@H]1CCCC[C@H]1N1C(=O)/C(=C/c2ccccc2Cl)SC1=Nc1ccccc1. The third-order valence-corrected chi connectivity index (χ3v) is 6.73. The smallest absolute Gasteiger partial charge is 0.267 e. The van der Waals surface area contributed by atoms with Gasteiger partial charge >= 0.3 is 0 Å². The number of rotatable bonds is 3. The van der Waals surface area contributed by atoms with Gasteiger partial charge < -0.3 is 0 Å². The van der Waals surface area contributed by atoms with E-state index in [0.29, 0.717) is 15.8 Å². The van der Waals surface area contributed by atoms with Gasteiger partial charge in [-0.2, -0.15) is 0 Å². The minimum atomic E-state index is 0.0401. The minimum Gasteiger partial charge on any atom is -0.283 e. The van der Waals surface area contributed by atoms with Gasteiger partial charge in [-0.05, 0) is 60.4 Å². The largest absolute Gasteiger partial charge is 0.283 e. The maximum absolute atomic E-state index is 13.4. The van der Waals surface area contributed by atoms with Crippen LogP contribution >= 0.6 is 23.4 Å². The van der Waals surface area contributed by atoms with Crippen LogP contribution in [0.25, 0.3) is 6.08 Å². The topological polar surface area (TPSA) is 32.7 Å². The van der Waals surface area contributed by atoms with E-state index in [4.69, 9.17) is 16.6 Å². The lowest BCUT2D eigenvalue weighted by atomic mass is 9.85. The molecular formula is C23H23ClN2OS. The highest BCUT2D eigenvalue weighted by Gasteiger charge is 2.41. The van der Waals surface area contributed by atoms with Crippen LogP contribution in [0.2, 0.25) is 5.02 Å². The molecule has 144 valence electrons. The summed E-state index contributed by atoms with van der Waals surface area (Å²) in [6.07, 6.45) is 6.47. The Kier molecular flexibility index (Phi) is 5.88. The summed E-state index contributed by atoms with van der Waals surface area (Å²) >= 11 is 7.77. The molecule has 28 heavy (non-hydrogen) atoms. The molecule has 2 atom stereocenters. The van der Waals surface area contributed by atoms with E-state index in [-0.39, 0.29) is 11.9 Å². The molecule has 1 saturated heterocycles. The van der Waals surface area contributed by atoms with Gasteiger partial charge in [-0.1, -0.05) is 67.8 Å². The minimum absolute atomic E-state index is 0.0401. The highest BCUT2D eigenvalue weighted by Crippen LogP contribution is 2.40. The molecule has 0 aromatic heterocycles. The monoisotopic (exact) mass is 410 g/mol. The molecule has 0 spiro atoms. The highest BCUT2D eigenvalue weighted by molar-refractivity contribution is 8.18. The van der Waals surface area contributed by atoms with Crippen molar-refractivity contribution in [2.24, 2.45) is 10.9 Å². The number of aliphatic imine (C=N–C) groups is 1. The lowest BCUT2D eigenvalue weighted by Crippen LogP contribution is -2.44. The van der Waals surface area contributed by atoms with Crippen molar-refractivity contribution in [3.8, 4) is 0 Å². The van der Waals surface area contributed by atoms with E-state index in [9.17, 15) is 4.79 Å². The van der Waals surface area contributed by atoms with Crippen LogP contribution in [-0.2, 0) is 4.79 Å². The molecule has 1 aliphatic carbocycles. The number of benzene rings is 2. The molecule has 2 aromatic carbocycles. The van der Waals surface area contributed by atoms with Gasteiger partial charge in [-0.3, -0.25) is 9.69 Å². The van der Waals surface area contributed by atoms with Crippen molar-refractivity contribution in [1.82, 2.24) is 4.90 Å². The van der Waals surface area contributed by atoms with Crippen molar-refractivity contribution in [2.75, 3.05) is 0 Å². The van der Waals surface area contributed by atoms with Crippen LogP contribution in [0.1, 0.15) is 38.2 Å². The molecule has 1 saturated carbocycles. The molecule has 0 radical (unpaired) electrons. The lowest BCUT2D eigenvalue weighted by molar-refractivity contribution is -0.124. The first-order valence-corrected chi connectivity index (χ1v) is 10.9. The van der Waals surface area contributed by atoms with Crippen molar-refractivity contribution < 1.29 is 4.79 Å². The zero-order valence-electron chi connectivity index (χ0n) is 15.8. The summed E-state index contributed by atoms with van der Waals surface area (Å²) in [5.41, 5.74) is 1.72. The fourth-order valence-electron chi connectivity index (χ4n) is 3.88. The second-order valence-corrected chi connectivity index (χ2v) is 8.78. The fraction of sp³-hybridized carbons (Fsp3) is 0.304. The highest BCUT2D eigenvalue weighted by atomic mass is 35.5. The first kappa shape index (κ1) is 19.3. The first-order valence-electron chi connectivity index (χ1n) is 9.75. The number of carbonyl (C=O) groups excluding carboxylic acids is 1. The van der Waals surface area contributed by atoms with Crippen LogP contribution in [0, 0.1) is 5.92 Å². The zero-order chi connectivity index (χ0) is 19.5. The second-order valence-electron chi connectivity index (χ2n) is 7.37. The third-order valence-electron chi connectivity index (χ3n) is 5.41. The van der Waals surface area contributed by atoms with E-state index in [1.54, 1.807) is 0 Å². The number of thioether (sulfide) groups is 1. The summed E-state index contributed by atoms with van der Waals surface area (Å²) in [4.78, 5) is 20.8. The van der Waals surface area contributed by atoms with Gasteiger partial charge in [0.15, 0.2) is 5.17 Å². The summed E-state index contributed by atoms with van der Waals surface area (Å²) in [6, 6.07) is 17.7. The number of amides is 1. The van der Waals surface area contributed by atoms with Gasteiger partial charge in [0.1, 0.15) is 0 Å². The summed E-state index contributed by atoms with van der Waals surface area (Å²) in [5, 5.41) is 1.42. The number of carbonyl (C=O) groups is 1. The van der Waals surface area contributed by atoms with E-state index >= 15 is 0 Å². The second kappa shape index (κ2) is 8.54. The average Bonchev–Trinajstić information content (AvgIpc) is 3.00. The average molecular weight is 411 g/mol. The summed E-state index contributed by atoms with van der Waals surface area (Å²) in [7, 11) is 0. The maximum Gasteiger partial charge on any atom is 0.267 e. The molecule has 2 fully saturated rings. The Morgan fingerprint density at radius 2 is 1.79 bits per heavy atom. The summed E-state index contributed by atoms with van der Waals surface area (Å²) < 4.78 is 0. The first-order chi connectivity index (χ1) is 13.6. The Hall–Kier alpha value is -2.04. The van der Waals surface area contributed by atoms with Crippen LogP contribution in [0.15, 0.2) is 64.5 Å². The Morgan fingerprint density at radius 3 is 2.54 bits per heavy atom. The van der Waals surface area contributed by atoms with Gasteiger partial charge in [0, 0.05) is 11.1 Å². The number of amidine groups is 1. The molecule has 1 aliphatic heterocycles. The predicted molar refractivity (Wildman–Crippen MR) is 119 cm³/mol. The van der Waals surface area contributed by atoms with Gasteiger partial charge in [-0.25, -0.2) is 4.99 Å². The van der Waals surface area contributed by atoms with Gasteiger partial charge in [0.25, 0.3) is 5.91 Å². The Balaban J connectivity index is 1.73. The Bertz CT molecular complexity index is 925. The third kappa shape index (κ3) is 4.03. The Labute approximate surface area is 175 Å². The normalized spacial score (nSPS) is 25.6. The lowest BCUT2D eigenvalue weighted by Gasteiger charge is -2.35. The summed E-state index contributed by atoms with van der Waals surface area (Å²) in [6.45, 7) is 2.25. The van der Waals surface area contributed by atoms with E-state index < -0.39 is 0 Å². The van der Waals surface area contributed by atoms with Crippen molar-refractivity contribution >= 4 is 46.2 Å². The fourth-order valence-corrected chi connectivity index (χ4v) is 5.11. The van der Waals surface area contributed by atoms with Gasteiger partial charge in [-0.15, -0.1) is 0 Å². The van der Waals surface area contributed by atoms with Crippen molar-refractivity contribution in [1.29, 1.82) is 0 Å². The molecule has 3 nitrogen and oxygen atoms in total. The van der Waals surface area contributed by atoms with Crippen LogP contribution in [-0.4, -0.2) is 22.0 Å². The Morgan fingerprint density at radius 1 is 1.07 bits per heavy atom. The molecule has 0 N–H and O–H groups in total. The van der Waals surface area contributed by atoms with Crippen molar-refractivity contribution in [3.05, 3.63) is 70.1 Å². The van der Waals surface area contributed by atoms with Gasteiger partial charge in [0.2, 0.25) is 0 Å². The molecular weight excluding hydrogens is 388 g/mol. The molecule has 1 heterocycles. The molecule has 0 unspecified atom stereocenters. The molecule has 1 amide bonds. The molecule has 2 aromatic rings. The van der Waals surface area contributed by atoms with E-state index in [1.807, 2.05) is 65.6 Å². The molecule has 2 aliphatic rings. The van der Waals surface area contributed by atoms with Crippen LogP contribution in [0.5, 0.6) is 0 Å². The molecule has 4 rings (SSSR count). The maximum atomic E-state index is 13.4. The van der Waals surface area contributed by atoms with Crippen LogP contribution in [0.3, 0.4) is 0 Å². The van der Waals surface area contributed by atoms with Crippen molar-refractivity contribution in [2.45, 2.75) is 38.6 Å². The quantitative estimate of drug-likeness (QED) is 0.539. The standard InChI is InChI=1S/C23H23ClN2OS/c1-16-9-5-8-14-20(16)26-22(27)21(15-17-10-6-7-13-19(17)24)28-23(26)25-18-11-3-2-4-12-18/h2-4,6-7,10-13,15-16,20H,5,8-9,14H2,1H3/b21-15-,25-23?/t16-,20+/m0/s1. The molecule has 0 bridgehead atoms. The predicted octanol–water partition coefficient (Wildman–Crippen LogP) is 6.52. The van der Waals surface area contributed by atoms with Crippen molar-refractivity contribution in [3.63, 3.8) is 0 Å². The van der Waals surface area contributed by atoms with E-state index in [2.05, 4.69) is 6.92 Å². The number of halogens is 1.